The highest BCUT2D eigenvalue weighted by atomic mass is 16.5. The van der Waals surface area contributed by atoms with E-state index in [9.17, 15) is 9.59 Å². The van der Waals surface area contributed by atoms with Crippen LogP contribution in [0.25, 0.3) is 0 Å². The topological polar surface area (TPSA) is 68.5 Å². The third-order valence-corrected chi connectivity index (χ3v) is 4.32. The van der Waals surface area contributed by atoms with Crippen molar-refractivity contribution >= 4 is 11.8 Å². The molecule has 1 aliphatic carbocycles. The predicted octanol–water partition coefficient (Wildman–Crippen LogP) is 3.12. The van der Waals surface area contributed by atoms with Gasteiger partial charge in [0.05, 0.1) is 18.1 Å². The lowest BCUT2D eigenvalue weighted by Gasteiger charge is -2.32. The molecule has 1 atom stereocenters. The number of carbonyl (C=O) groups is 2. The van der Waals surface area contributed by atoms with Crippen LogP contribution < -0.4 is 5.32 Å². The Morgan fingerprint density at radius 1 is 1.35 bits per heavy atom. The summed E-state index contributed by atoms with van der Waals surface area (Å²) in [7, 11) is 0. The number of aryl methyl sites for hydroxylation is 1. The molecule has 3 rings (SSSR count). The first kappa shape index (κ1) is 15.6. The molecule has 0 bridgehead atoms. The molecule has 1 unspecified atom stereocenters. The van der Waals surface area contributed by atoms with Gasteiger partial charge in [-0.2, -0.15) is 0 Å². The molecule has 0 aromatic carbocycles. The number of rotatable bonds is 3. The van der Waals surface area contributed by atoms with Gasteiger partial charge in [-0.15, -0.1) is 0 Å². The molecule has 23 heavy (non-hydrogen) atoms. The number of Topliss-reactive ketones (excluding diaryl/α,β-unsaturated/α-hetero) is 1. The quantitative estimate of drug-likeness (QED) is 0.868. The van der Waals surface area contributed by atoms with Crippen molar-refractivity contribution in [3.05, 3.63) is 46.2 Å². The number of ether oxygens (including phenoxy) is 1. The van der Waals surface area contributed by atoms with Gasteiger partial charge in [0, 0.05) is 23.4 Å². The Bertz CT molecular complexity index is 723. The minimum atomic E-state index is -0.480. The zero-order valence-corrected chi connectivity index (χ0v) is 13.7. The highest BCUT2D eigenvalue weighted by Gasteiger charge is 2.40. The Labute approximate surface area is 135 Å². The van der Waals surface area contributed by atoms with Gasteiger partial charge in [-0.05, 0) is 45.7 Å². The number of hydrogen-bond donors (Lipinski definition) is 1. The third-order valence-electron chi connectivity index (χ3n) is 4.32. The number of carbonyl (C=O) groups excluding carboxylic acids is 2. The van der Waals surface area contributed by atoms with E-state index in [2.05, 4.69) is 5.32 Å². The number of ketones is 1. The van der Waals surface area contributed by atoms with Gasteiger partial charge in [-0.3, -0.25) is 4.79 Å². The molecule has 0 saturated carbocycles. The summed E-state index contributed by atoms with van der Waals surface area (Å²) >= 11 is 0. The van der Waals surface area contributed by atoms with E-state index in [1.807, 2.05) is 26.0 Å². The zero-order chi connectivity index (χ0) is 16.6. The fourth-order valence-corrected chi connectivity index (χ4v) is 3.36. The van der Waals surface area contributed by atoms with E-state index in [0.29, 0.717) is 29.9 Å². The summed E-state index contributed by atoms with van der Waals surface area (Å²) in [5.74, 6) is 0.569. The Kier molecular flexibility index (Phi) is 4.11. The van der Waals surface area contributed by atoms with Crippen LogP contribution in [0.1, 0.15) is 50.5 Å². The van der Waals surface area contributed by atoms with E-state index >= 15 is 0 Å². The molecule has 122 valence electrons. The summed E-state index contributed by atoms with van der Waals surface area (Å²) in [6, 6.07) is 3.69. The van der Waals surface area contributed by atoms with Crippen molar-refractivity contribution in [3.8, 4) is 0 Å². The first-order chi connectivity index (χ1) is 11.0. The van der Waals surface area contributed by atoms with Crippen molar-refractivity contribution in [2.45, 2.75) is 46.0 Å². The standard InChI is InChI=1S/C18H21NO4/c1-4-22-18(21)15-11(3)19-12-6-5-7-13(20)16(12)17(15)14-9-8-10(2)23-14/h8-9,17,19H,4-7H2,1-3H3. The van der Waals surface area contributed by atoms with Gasteiger partial charge >= 0.3 is 5.97 Å². The molecule has 0 saturated heterocycles. The lowest BCUT2D eigenvalue weighted by atomic mass is 9.77. The van der Waals surface area contributed by atoms with Crippen molar-refractivity contribution < 1.29 is 18.7 Å². The van der Waals surface area contributed by atoms with Gasteiger partial charge in [0.1, 0.15) is 11.5 Å². The molecule has 0 amide bonds. The van der Waals surface area contributed by atoms with Crippen molar-refractivity contribution in [1.82, 2.24) is 5.32 Å². The first-order valence-electron chi connectivity index (χ1n) is 8.00. The highest BCUT2D eigenvalue weighted by molar-refractivity contribution is 6.03. The minimum Gasteiger partial charge on any atom is -0.465 e. The molecule has 2 heterocycles. The fraction of sp³-hybridized carbons (Fsp3) is 0.444. The molecule has 2 aliphatic rings. The molecular weight excluding hydrogens is 294 g/mol. The van der Waals surface area contributed by atoms with E-state index in [0.717, 1.165) is 30.0 Å². The molecule has 0 spiro atoms. The van der Waals surface area contributed by atoms with Crippen LogP contribution in [0.4, 0.5) is 0 Å². The second-order valence-corrected chi connectivity index (χ2v) is 5.93. The monoisotopic (exact) mass is 315 g/mol. The first-order valence-corrected chi connectivity index (χ1v) is 8.00. The van der Waals surface area contributed by atoms with Crippen molar-refractivity contribution in [2.75, 3.05) is 6.61 Å². The largest absolute Gasteiger partial charge is 0.465 e. The van der Waals surface area contributed by atoms with Gasteiger partial charge < -0.3 is 14.5 Å². The van der Waals surface area contributed by atoms with E-state index in [4.69, 9.17) is 9.15 Å². The lowest BCUT2D eigenvalue weighted by Crippen LogP contribution is -2.34. The van der Waals surface area contributed by atoms with Crippen LogP contribution >= 0.6 is 0 Å². The number of esters is 1. The van der Waals surface area contributed by atoms with Crippen LogP contribution in [0.3, 0.4) is 0 Å². The van der Waals surface area contributed by atoms with Gasteiger partial charge in [-0.1, -0.05) is 0 Å². The molecule has 1 aromatic rings. The number of nitrogens with one attached hydrogen (secondary N) is 1. The Hall–Kier alpha value is -2.30. The van der Waals surface area contributed by atoms with E-state index < -0.39 is 11.9 Å². The normalized spacial score (nSPS) is 21.2. The number of dihydropyridines is 1. The molecule has 1 N–H and O–H groups in total. The molecule has 1 aromatic heterocycles. The number of allylic oxidation sites excluding steroid dienone is 3. The van der Waals surface area contributed by atoms with Gasteiger partial charge in [0.2, 0.25) is 0 Å². The maximum absolute atomic E-state index is 12.5. The van der Waals surface area contributed by atoms with Crippen molar-refractivity contribution in [3.63, 3.8) is 0 Å². The Morgan fingerprint density at radius 2 is 2.13 bits per heavy atom. The predicted molar refractivity (Wildman–Crippen MR) is 84.5 cm³/mol. The Morgan fingerprint density at radius 3 is 2.78 bits per heavy atom. The maximum Gasteiger partial charge on any atom is 0.336 e. The van der Waals surface area contributed by atoms with E-state index in [-0.39, 0.29) is 5.78 Å². The molecule has 5 nitrogen and oxygen atoms in total. The zero-order valence-electron chi connectivity index (χ0n) is 13.7. The van der Waals surface area contributed by atoms with Gasteiger partial charge in [0.25, 0.3) is 0 Å². The lowest BCUT2D eigenvalue weighted by molar-refractivity contribution is -0.138. The summed E-state index contributed by atoms with van der Waals surface area (Å²) in [4.78, 5) is 25.0. The van der Waals surface area contributed by atoms with E-state index in [1.54, 1.807) is 6.92 Å². The summed E-state index contributed by atoms with van der Waals surface area (Å²) < 4.78 is 11.0. The van der Waals surface area contributed by atoms with Crippen molar-refractivity contribution in [1.29, 1.82) is 0 Å². The smallest absolute Gasteiger partial charge is 0.336 e. The summed E-state index contributed by atoms with van der Waals surface area (Å²) in [5.41, 5.74) is 2.76. The average molecular weight is 315 g/mol. The van der Waals surface area contributed by atoms with Crippen LogP contribution in [0.15, 0.2) is 39.1 Å². The van der Waals surface area contributed by atoms with Gasteiger partial charge in [-0.25, -0.2) is 4.79 Å². The van der Waals surface area contributed by atoms with Crippen LogP contribution in [0.2, 0.25) is 0 Å². The molecule has 0 radical (unpaired) electrons. The maximum atomic E-state index is 12.5. The molecular formula is C18H21NO4. The average Bonchev–Trinajstić information content (AvgIpc) is 2.92. The van der Waals surface area contributed by atoms with Crippen molar-refractivity contribution in [2.24, 2.45) is 0 Å². The fourth-order valence-electron chi connectivity index (χ4n) is 3.36. The van der Waals surface area contributed by atoms with Crippen LogP contribution in [-0.4, -0.2) is 18.4 Å². The molecule has 5 heteroatoms. The van der Waals surface area contributed by atoms with Crippen LogP contribution in [-0.2, 0) is 14.3 Å². The summed E-state index contributed by atoms with van der Waals surface area (Å²) in [6.07, 6.45) is 2.15. The van der Waals surface area contributed by atoms with Crippen LogP contribution in [0.5, 0.6) is 0 Å². The number of furan rings is 1. The SMILES string of the molecule is CCOC(=O)C1=C(C)NC2=C(C(=O)CCC2)C1c1ccc(C)o1. The van der Waals surface area contributed by atoms with Crippen LogP contribution in [0, 0.1) is 6.92 Å². The summed E-state index contributed by atoms with van der Waals surface area (Å²) in [5, 5.41) is 3.24. The minimum absolute atomic E-state index is 0.0760. The Balaban J connectivity index is 2.14. The second kappa shape index (κ2) is 6.07. The van der Waals surface area contributed by atoms with Gasteiger partial charge in [0.15, 0.2) is 5.78 Å². The molecule has 1 aliphatic heterocycles. The second-order valence-electron chi connectivity index (χ2n) is 5.93. The highest BCUT2D eigenvalue weighted by Crippen LogP contribution is 2.42. The summed E-state index contributed by atoms with van der Waals surface area (Å²) in [6.45, 7) is 5.76. The van der Waals surface area contributed by atoms with E-state index in [1.165, 1.54) is 0 Å². The number of hydrogen-bond acceptors (Lipinski definition) is 5. The molecule has 0 fully saturated rings. The third kappa shape index (κ3) is 2.71.